The van der Waals surface area contributed by atoms with Gasteiger partial charge >= 0.3 is 0 Å². The number of para-hydroxylation sites is 1. The fraction of sp³-hybridized carbons (Fsp3) is 0.0526. The molecule has 0 atom stereocenters. The van der Waals surface area contributed by atoms with E-state index in [-0.39, 0.29) is 0 Å². The van der Waals surface area contributed by atoms with Crippen molar-refractivity contribution < 1.29 is 4.42 Å². The second-order valence-corrected chi connectivity index (χ2v) is 6.48. The molecule has 0 radical (unpaired) electrons. The molecular formula is C19H16N4OS. The lowest BCUT2D eigenvalue weighted by Crippen LogP contribution is -1.99. The molecule has 0 bridgehead atoms. The van der Waals surface area contributed by atoms with Crippen molar-refractivity contribution in [3.63, 3.8) is 0 Å². The Morgan fingerprint density at radius 1 is 1.16 bits per heavy atom. The van der Waals surface area contributed by atoms with Gasteiger partial charge in [-0.3, -0.25) is 5.43 Å². The summed E-state index contributed by atoms with van der Waals surface area (Å²) in [5, 5.41) is 8.12. The van der Waals surface area contributed by atoms with E-state index in [1.54, 1.807) is 0 Å². The highest BCUT2D eigenvalue weighted by molar-refractivity contribution is 7.14. The summed E-state index contributed by atoms with van der Waals surface area (Å²) < 4.78 is 5.84. The molecule has 0 saturated carbocycles. The molecule has 25 heavy (non-hydrogen) atoms. The molecule has 6 heteroatoms. The summed E-state index contributed by atoms with van der Waals surface area (Å²) >= 11 is 1.48. The number of fused-ring (bicyclic) bond motifs is 1. The molecule has 0 fully saturated rings. The Hall–Kier alpha value is -3.12. The minimum absolute atomic E-state index is 0.713. The van der Waals surface area contributed by atoms with E-state index in [2.05, 4.69) is 15.5 Å². The van der Waals surface area contributed by atoms with E-state index < -0.39 is 0 Å². The number of benzene rings is 2. The number of nitrogen functional groups attached to an aromatic ring is 1. The number of aromatic nitrogens is 1. The Bertz CT molecular complexity index is 1010. The molecule has 2 aromatic carbocycles. The van der Waals surface area contributed by atoms with Crippen LogP contribution in [0.4, 0.5) is 10.8 Å². The number of furan rings is 1. The molecule has 124 valence electrons. The molecule has 0 aliphatic heterocycles. The van der Waals surface area contributed by atoms with Gasteiger partial charge in [0, 0.05) is 16.5 Å². The van der Waals surface area contributed by atoms with Crippen molar-refractivity contribution in [2.45, 2.75) is 6.92 Å². The summed E-state index contributed by atoms with van der Waals surface area (Å²) in [6, 6.07) is 17.5. The fourth-order valence-corrected chi connectivity index (χ4v) is 3.11. The Balaban J connectivity index is 1.53. The van der Waals surface area contributed by atoms with Crippen LogP contribution in [0.2, 0.25) is 0 Å². The maximum atomic E-state index is 5.84. The van der Waals surface area contributed by atoms with Gasteiger partial charge in [0.15, 0.2) is 5.76 Å². The predicted molar refractivity (Wildman–Crippen MR) is 104 cm³/mol. The van der Waals surface area contributed by atoms with Crippen molar-refractivity contribution in [3.05, 3.63) is 65.5 Å². The number of rotatable bonds is 4. The molecule has 2 heterocycles. The van der Waals surface area contributed by atoms with E-state index in [1.165, 1.54) is 11.3 Å². The normalized spacial score (nSPS) is 11.8. The standard InChI is InChI=1S/C19H16N4OS/c1-12(13-6-8-15(20)9-7-13)22-23-19-21-16(11-25-19)18-10-14-4-2-3-5-17(14)24-18/h2-11H,20H2,1H3,(H,21,23)/b22-12-. The van der Waals surface area contributed by atoms with Crippen LogP contribution in [0.1, 0.15) is 12.5 Å². The summed E-state index contributed by atoms with van der Waals surface area (Å²) in [5.74, 6) is 0.754. The van der Waals surface area contributed by atoms with E-state index in [4.69, 9.17) is 10.2 Å². The molecular weight excluding hydrogens is 332 g/mol. The van der Waals surface area contributed by atoms with Gasteiger partial charge in [0.05, 0.1) is 5.71 Å². The van der Waals surface area contributed by atoms with Gasteiger partial charge in [-0.15, -0.1) is 11.3 Å². The molecule has 0 aliphatic rings. The number of nitrogens with two attached hydrogens (primary N) is 1. The molecule has 0 aliphatic carbocycles. The first-order valence-corrected chi connectivity index (χ1v) is 8.68. The van der Waals surface area contributed by atoms with Crippen LogP contribution in [-0.2, 0) is 0 Å². The predicted octanol–water partition coefficient (Wildman–Crippen LogP) is 4.97. The number of hydrazone groups is 1. The molecule has 4 aromatic rings. The van der Waals surface area contributed by atoms with Crippen molar-refractivity contribution in [1.29, 1.82) is 0 Å². The molecule has 0 spiro atoms. The monoisotopic (exact) mass is 348 g/mol. The topological polar surface area (TPSA) is 76.4 Å². The van der Waals surface area contributed by atoms with Gasteiger partial charge in [-0.25, -0.2) is 4.98 Å². The minimum atomic E-state index is 0.713. The van der Waals surface area contributed by atoms with Crippen molar-refractivity contribution in [2.24, 2.45) is 5.10 Å². The first-order chi connectivity index (χ1) is 12.2. The van der Waals surface area contributed by atoms with Gasteiger partial charge in [-0.05, 0) is 36.8 Å². The van der Waals surface area contributed by atoms with Gasteiger partial charge in [0.1, 0.15) is 11.3 Å². The van der Waals surface area contributed by atoms with Crippen molar-refractivity contribution >= 4 is 38.8 Å². The highest BCUT2D eigenvalue weighted by Gasteiger charge is 2.10. The highest BCUT2D eigenvalue weighted by Crippen LogP contribution is 2.30. The van der Waals surface area contributed by atoms with Crippen LogP contribution in [0, 0.1) is 0 Å². The average molecular weight is 348 g/mol. The molecule has 5 nitrogen and oxygen atoms in total. The second kappa shape index (κ2) is 6.41. The third kappa shape index (κ3) is 3.25. The van der Waals surface area contributed by atoms with Crippen LogP contribution in [-0.4, -0.2) is 10.7 Å². The van der Waals surface area contributed by atoms with E-state index >= 15 is 0 Å². The number of hydrogen-bond donors (Lipinski definition) is 2. The summed E-state index contributed by atoms with van der Waals surface area (Å²) in [7, 11) is 0. The van der Waals surface area contributed by atoms with Crippen LogP contribution < -0.4 is 11.2 Å². The number of nitrogens with zero attached hydrogens (tertiary/aromatic N) is 2. The molecule has 3 N–H and O–H groups in total. The van der Waals surface area contributed by atoms with E-state index in [0.29, 0.717) is 5.13 Å². The van der Waals surface area contributed by atoms with Crippen LogP contribution in [0.3, 0.4) is 0 Å². The summed E-state index contributed by atoms with van der Waals surface area (Å²) in [6.07, 6.45) is 0. The third-order valence-electron chi connectivity index (χ3n) is 3.83. The average Bonchev–Trinajstić information content (AvgIpc) is 3.26. The van der Waals surface area contributed by atoms with Gasteiger partial charge in [0.2, 0.25) is 5.13 Å². The lowest BCUT2D eigenvalue weighted by molar-refractivity contribution is 0.629. The lowest BCUT2D eigenvalue weighted by atomic mass is 10.1. The largest absolute Gasteiger partial charge is 0.454 e. The smallest absolute Gasteiger partial charge is 0.204 e. The number of thiazole rings is 1. The van der Waals surface area contributed by atoms with Crippen molar-refractivity contribution in [3.8, 4) is 11.5 Å². The molecule has 0 saturated heterocycles. The Kier molecular flexibility index (Phi) is 3.95. The molecule has 0 unspecified atom stereocenters. The summed E-state index contributed by atoms with van der Waals surface area (Å²) in [4.78, 5) is 4.54. The van der Waals surface area contributed by atoms with E-state index in [0.717, 1.165) is 39.4 Å². The molecule has 0 amide bonds. The second-order valence-electron chi connectivity index (χ2n) is 5.62. The summed E-state index contributed by atoms with van der Waals surface area (Å²) in [5.41, 5.74) is 13.0. The number of hydrogen-bond acceptors (Lipinski definition) is 6. The van der Waals surface area contributed by atoms with E-state index in [1.807, 2.05) is 66.9 Å². The molecule has 2 aromatic heterocycles. The maximum Gasteiger partial charge on any atom is 0.204 e. The van der Waals surface area contributed by atoms with Crippen LogP contribution >= 0.6 is 11.3 Å². The van der Waals surface area contributed by atoms with Crippen LogP contribution in [0.5, 0.6) is 0 Å². The van der Waals surface area contributed by atoms with Gasteiger partial charge in [0.25, 0.3) is 0 Å². The Labute approximate surface area is 148 Å². The first-order valence-electron chi connectivity index (χ1n) is 7.80. The zero-order chi connectivity index (χ0) is 17.2. The number of nitrogens with one attached hydrogen (secondary N) is 1. The van der Waals surface area contributed by atoms with E-state index in [9.17, 15) is 0 Å². The Morgan fingerprint density at radius 2 is 1.96 bits per heavy atom. The van der Waals surface area contributed by atoms with Gasteiger partial charge in [-0.1, -0.05) is 30.3 Å². The van der Waals surface area contributed by atoms with Crippen molar-refractivity contribution in [2.75, 3.05) is 11.2 Å². The highest BCUT2D eigenvalue weighted by atomic mass is 32.1. The quantitative estimate of drug-likeness (QED) is 0.310. The van der Waals surface area contributed by atoms with Crippen LogP contribution in [0.25, 0.3) is 22.4 Å². The maximum absolute atomic E-state index is 5.84. The zero-order valence-electron chi connectivity index (χ0n) is 13.6. The zero-order valence-corrected chi connectivity index (χ0v) is 14.4. The van der Waals surface area contributed by atoms with Crippen molar-refractivity contribution in [1.82, 2.24) is 4.98 Å². The number of anilines is 2. The Morgan fingerprint density at radius 3 is 2.76 bits per heavy atom. The van der Waals surface area contributed by atoms with Gasteiger partial charge in [-0.2, -0.15) is 5.10 Å². The third-order valence-corrected chi connectivity index (χ3v) is 4.58. The minimum Gasteiger partial charge on any atom is -0.454 e. The van der Waals surface area contributed by atoms with Gasteiger partial charge < -0.3 is 10.2 Å². The first kappa shape index (κ1) is 15.4. The SMILES string of the molecule is C/C(=N/Nc1nc(-c2cc3ccccc3o2)cs1)c1ccc(N)cc1. The fourth-order valence-electron chi connectivity index (χ4n) is 2.47. The van der Waals surface area contributed by atoms with Crippen LogP contribution in [0.15, 0.2) is 69.5 Å². The molecule has 4 rings (SSSR count). The lowest BCUT2D eigenvalue weighted by Gasteiger charge is -2.01. The summed E-state index contributed by atoms with van der Waals surface area (Å²) in [6.45, 7) is 1.94.